The number of hydrogen-bond donors (Lipinski definition) is 3. The third-order valence-electron chi connectivity index (χ3n) is 2.71. The lowest BCUT2D eigenvalue weighted by Gasteiger charge is -2.08. The molecule has 0 radical (unpaired) electrons. The van der Waals surface area contributed by atoms with Gasteiger partial charge in [-0.15, -0.1) is 0 Å². The monoisotopic (exact) mass is 309 g/mol. The number of hydrogen-bond acceptors (Lipinski definition) is 4. The van der Waals surface area contributed by atoms with Crippen LogP contribution in [0.25, 0.3) is 0 Å². The number of phenolic OH excluding ortho intramolecular Hbond substituents is 1. The second kappa shape index (κ2) is 6.27. The number of carbonyl (C=O) groups is 1. The average molecular weight is 310 g/mol. The molecule has 1 aromatic carbocycles. The Kier molecular flexibility index (Phi) is 4.44. The number of halogens is 1. The third-order valence-corrected chi connectivity index (χ3v) is 2.94. The van der Waals surface area contributed by atoms with Gasteiger partial charge in [0, 0.05) is 30.3 Å². The van der Waals surface area contributed by atoms with Crippen molar-refractivity contribution in [1.82, 2.24) is 9.55 Å². The number of rotatable bonds is 4. The summed E-state index contributed by atoms with van der Waals surface area (Å²) < 4.78 is 1.21. The Morgan fingerprint density at radius 3 is 2.81 bits per heavy atom. The summed E-state index contributed by atoms with van der Waals surface area (Å²) >= 11 is 5.77. The van der Waals surface area contributed by atoms with Crippen molar-refractivity contribution in [2.45, 2.75) is 13.0 Å². The van der Waals surface area contributed by atoms with E-state index in [-0.39, 0.29) is 24.4 Å². The number of nitrogens with zero attached hydrogens (tertiary/aromatic N) is 1. The molecule has 0 saturated carbocycles. The molecule has 0 bridgehead atoms. The molecule has 0 unspecified atom stereocenters. The second-order valence-corrected chi connectivity index (χ2v) is 4.70. The molecule has 3 N–H and O–H groups in total. The van der Waals surface area contributed by atoms with Crippen molar-refractivity contribution >= 4 is 23.2 Å². The van der Waals surface area contributed by atoms with Crippen molar-refractivity contribution in [1.29, 1.82) is 0 Å². The zero-order valence-corrected chi connectivity index (χ0v) is 11.6. The number of nitrogens with one attached hydrogen (secondary N) is 2. The molecule has 8 heteroatoms. The van der Waals surface area contributed by atoms with Gasteiger partial charge < -0.3 is 15.0 Å². The SMILES string of the molecule is O=C(CCn1ccc(=O)[nH]c1=O)Nc1cc(Cl)ccc1O. The molecule has 0 saturated heterocycles. The fraction of sp³-hybridized carbons (Fsp3) is 0.154. The number of aromatic nitrogens is 2. The number of benzene rings is 1. The highest BCUT2D eigenvalue weighted by Crippen LogP contribution is 2.26. The van der Waals surface area contributed by atoms with E-state index in [0.29, 0.717) is 5.02 Å². The molecule has 0 aliphatic rings. The number of aryl methyl sites for hydroxylation is 1. The first-order valence-electron chi connectivity index (χ1n) is 6.04. The van der Waals surface area contributed by atoms with Crippen LogP contribution in [-0.2, 0) is 11.3 Å². The maximum atomic E-state index is 11.8. The lowest BCUT2D eigenvalue weighted by molar-refractivity contribution is -0.116. The first kappa shape index (κ1) is 14.9. The highest BCUT2D eigenvalue weighted by Gasteiger charge is 2.08. The number of aromatic hydroxyl groups is 1. The summed E-state index contributed by atoms with van der Waals surface area (Å²) in [6, 6.07) is 5.47. The van der Waals surface area contributed by atoms with E-state index in [0.717, 1.165) is 0 Å². The van der Waals surface area contributed by atoms with Crippen molar-refractivity contribution in [3.63, 3.8) is 0 Å². The lowest BCUT2D eigenvalue weighted by atomic mass is 10.2. The van der Waals surface area contributed by atoms with Gasteiger partial charge in [0.05, 0.1) is 5.69 Å². The zero-order valence-electron chi connectivity index (χ0n) is 10.8. The van der Waals surface area contributed by atoms with Crippen LogP contribution in [0.2, 0.25) is 5.02 Å². The minimum absolute atomic E-state index is 0.00208. The number of anilines is 1. The number of amides is 1. The molecule has 2 aromatic rings. The largest absolute Gasteiger partial charge is 0.506 e. The number of phenols is 1. The smallest absolute Gasteiger partial charge is 0.328 e. The van der Waals surface area contributed by atoms with Crippen LogP contribution in [0.5, 0.6) is 5.75 Å². The van der Waals surface area contributed by atoms with Gasteiger partial charge in [0.2, 0.25) is 5.91 Å². The molecular weight excluding hydrogens is 298 g/mol. The van der Waals surface area contributed by atoms with Gasteiger partial charge in [0.1, 0.15) is 5.75 Å². The van der Waals surface area contributed by atoms with Gasteiger partial charge in [0.15, 0.2) is 0 Å². The minimum Gasteiger partial charge on any atom is -0.506 e. The highest BCUT2D eigenvalue weighted by molar-refractivity contribution is 6.31. The molecule has 0 aliphatic heterocycles. The molecule has 110 valence electrons. The van der Waals surface area contributed by atoms with Gasteiger partial charge in [-0.3, -0.25) is 14.6 Å². The van der Waals surface area contributed by atoms with Crippen LogP contribution in [0.1, 0.15) is 6.42 Å². The van der Waals surface area contributed by atoms with Gasteiger partial charge >= 0.3 is 5.69 Å². The number of H-pyrrole nitrogens is 1. The summed E-state index contributed by atoms with van der Waals surface area (Å²) in [5.41, 5.74) is -0.883. The van der Waals surface area contributed by atoms with Crippen molar-refractivity contribution < 1.29 is 9.90 Å². The normalized spacial score (nSPS) is 10.3. The predicted octanol–water partition coefficient (Wildman–Crippen LogP) is 0.924. The maximum Gasteiger partial charge on any atom is 0.328 e. The molecule has 0 atom stereocenters. The van der Waals surface area contributed by atoms with Crippen LogP contribution in [-0.4, -0.2) is 20.6 Å². The highest BCUT2D eigenvalue weighted by atomic mass is 35.5. The topological polar surface area (TPSA) is 104 Å². The van der Waals surface area contributed by atoms with Gasteiger partial charge in [-0.2, -0.15) is 0 Å². The third kappa shape index (κ3) is 3.96. The van der Waals surface area contributed by atoms with E-state index < -0.39 is 17.2 Å². The molecule has 21 heavy (non-hydrogen) atoms. The Labute approximate surface area is 123 Å². The van der Waals surface area contributed by atoms with E-state index in [1.165, 1.54) is 35.0 Å². The average Bonchev–Trinajstić information content (AvgIpc) is 2.42. The predicted molar refractivity (Wildman–Crippen MR) is 77.7 cm³/mol. The summed E-state index contributed by atoms with van der Waals surface area (Å²) in [4.78, 5) is 36.2. The van der Waals surface area contributed by atoms with Gasteiger partial charge in [-0.05, 0) is 18.2 Å². The van der Waals surface area contributed by atoms with Crippen molar-refractivity contribution in [3.8, 4) is 5.75 Å². The molecule has 0 spiro atoms. The van der Waals surface area contributed by atoms with Crippen molar-refractivity contribution in [2.75, 3.05) is 5.32 Å². The van der Waals surface area contributed by atoms with E-state index in [9.17, 15) is 19.5 Å². The molecule has 7 nitrogen and oxygen atoms in total. The molecular formula is C13H12ClN3O4. The van der Waals surface area contributed by atoms with Crippen LogP contribution in [0.3, 0.4) is 0 Å². The van der Waals surface area contributed by atoms with E-state index in [1.54, 1.807) is 0 Å². The van der Waals surface area contributed by atoms with E-state index >= 15 is 0 Å². The summed E-state index contributed by atoms with van der Waals surface area (Å²) in [6.07, 6.45) is 1.31. The zero-order chi connectivity index (χ0) is 15.4. The lowest BCUT2D eigenvalue weighted by Crippen LogP contribution is -2.29. The van der Waals surface area contributed by atoms with E-state index in [2.05, 4.69) is 10.3 Å². The molecule has 1 amide bonds. The number of aromatic amines is 1. The molecule has 2 rings (SSSR count). The van der Waals surface area contributed by atoms with Gasteiger partial charge in [-0.1, -0.05) is 11.6 Å². The van der Waals surface area contributed by atoms with Crippen molar-refractivity contribution in [2.24, 2.45) is 0 Å². The minimum atomic E-state index is -0.582. The molecule has 0 aliphatic carbocycles. The van der Waals surface area contributed by atoms with E-state index in [1.807, 2.05) is 0 Å². The maximum absolute atomic E-state index is 11.8. The quantitative estimate of drug-likeness (QED) is 0.731. The summed E-state index contributed by atoms with van der Waals surface area (Å²) in [7, 11) is 0. The Bertz CT molecular complexity index is 781. The first-order chi connectivity index (χ1) is 9.95. The van der Waals surface area contributed by atoms with Crippen molar-refractivity contribution in [3.05, 3.63) is 56.3 Å². The number of carbonyl (C=O) groups excluding carboxylic acids is 1. The van der Waals surface area contributed by atoms with Gasteiger partial charge in [0.25, 0.3) is 5.56 Å². The first-order valence-corrected chi connectivity index (χ1v) is 6.41. The summed E-state index contributed by atoms with van der Waals surface area (Å²) in [5, 5.41) is 12.4. The van der Waals surface area contributed by atoms with E-state index in [4.69, 9.17) is 11.6 Å². The fourth-order valence-corrected chi connectivity index (χ4v) is 1.84. The Morgan fingerprint density at radius 1 is 1.33 bits per heavy atom. The van der Waals surface area contributed by atoms with Crippen LogP contribution in [0.4, 0.5) is 5.69 Å². The van der Waals surface area contributed by atoms with Crippen LogP contribution in [0.15, 0.2) is 40.1 Å². The molecule has 1 aromatic heterocycles. The van der Waals surface area contributed by atoms with Crippen LogP contribution in [0, 0.1) is 0 Å². The Balaban J connectivity index is 2.00. The van der Waals surface area contributed by atoms with Gasteiger partial charge in [-0.25, -0.2) is 4.79 Å². The summed E-state index contributed by atoms with van der Waals surface area (Å²) in [5.74, 6) is -0.500. The molecule has 1 heterocycles. The summed E-state index contributed by atoms with van der Waals surface area (Å²) in [6.45, 7) is 0.1000. The molecule has 0 fully saturated rings. The van der Waals surface area contributed by atoms with Crippen LogP contribution < -0.4 is 16.6 Å². The fourth-order valence-electron chi connectivity index (χ4n) is 1.66. The second-order valence-electron chi connectivity index (χ2n) is 4.26. The standard InChI is InChI=1S/C13H12ClN3O4/c14-8-1-2-10(18)9(7-8)15-11(19)3-5-17-6-4-12(20)16-13(17)21/h1-2,4,6-7,18H,3,5H2,(H,15,19)(H,16,20,21). The van der Waals surface area contributed by atoms with Crippen LogP contribution >= 0.6 is 11.6 Å². The Hall–Kier alpha value is -2.54. The Morgan fingerprint density at radius 2 is 2.10 bits per heavy atom.